The number of benzene rings is 3. The van der Waals surface area contributed by atoms with Gasteiger partial charge in [-0.2, -0.15) is 0 Å². The second kappa shape index (κ2) is 10.3. The van der Waals surface area contributed by atoms with Crippen LogP contribution in [0.2, 0.25) is 0 Å². The lowest BCUT2D eigenvalue weighted by molar-refractivity contribution is 0.583. The third-order valence-electron chi connectivity index (χ3n) is 5.50. The molecular weight excluding hydrogens is 453 g/mol. The number of sulfonamides is 1. The highest BCUT2D eigenvalue weighted by Crippen LogP contribution is 2.20. The van der Waals surface area contributed by atoms with Gasteiger partial charge in [0.15, 0.2) is 5.82 Å². The van der Waals surface area contributed by atoms with E-state index in [1.807, 2.05) is 48.5 Å². The molecule has 4 rings (SSSR count). The summed E-state index contributed by atoms with van der Waals surface area (Å²) in [5.41, 5.74) is 2.33. The highest BCUT2D eigenvalue weighted by atomic mass is 32.2. The number of nitrogens with one attached hydrogen (secondary N) is 1. The highest BCUT2D eigenvalue weighted by Gasteiger charge is 2.18. The molecule has 0 saturated heterocycles. The standard InChI is InChI=1S/C25H26FN5O2S/c1-18(20-10-6-3-7-11-20)16-28-17-24-29-25(14-19-8-4-2-5-9-19)31(30-24)23-13-12-21(15-22(23)26)34(27,32)33/h2-13,15,18,28H,14,16-17H2,1H3,(H2,27,32,33)/t18-/m1/s1. The fourth-order valence-electron chi connectivity index (χ4n) is 3.69. The van der Waals surface area contributed by atoms with Crippen molar-refractivity contribution in [1.29, 1.82) is 0 Å². The Hall–Kier alpha value is -3.40. The number of rotatable bonds is 9. The van der Waals surface area contributed by atoms with E-state index in [1.165, 1.54) is 22.4 Å². The maximum absolute atomic E-state index is 14.9. The molecule has 0 saturated carbocycles. The molecule has 9 heteroatoms. The Bertz CT molecular complexity index is 1360. The number of primary sulfonamides is 1. The lowest BCUT2D eigenvalue weighted by Crippen LogP contribution is -2.20. The Labute approximate surface area is 198 Å². The first-order valence-electron chi connectivity index (χ1n) is 10.9. The predicted molar refractivity (Wildman–Crippen MR) is 129 cm³/mol. The smallest absolute Gasteiger partial charge is 0.238 e. The van der Waals surface area contributed by atoms with E-state index in [0.29, 0.717) is 30.5 Å². The quantitative estimate of drug-likeness (QED) is 0.382. The molecule has 4 aromatic rings. The first-order chi connectivity index (χ1) is 16.3. The van der Waals surface area contributed by atoms with Crippen molar-refractivity contribution in [2.75, 3.05) is 6.54 Å². The maximum atomic E-state index is 14.9. The van der Waals surface area contributed by atoms with Crippen molar-refractivity contribution >= 4 is 10.0 Å². The van der Waals surface area contributed by atoms with Crippen molar-refractivity contribution < 1.29 is 12.8 Å². The average Bonchev–Trinajstić information content (AvgIpc) is 3.21. The first-order valence-corrected chi connectivity index (χ1v) is 12.4. The lowest BCUT2D eigenvalue weighted by Gasteiger charge is -2.11. The second-order valence-corrected chi connectivity index (χ2v) is 9.68. The van der Waals surface area contributed by atoms with Crippen LogP contribution in [0.5, 0.6) is 0 Å². The van der Waals surface area contributed by atoms with E-state index >= 15 is 0 Å². The molecule has 0 unspecified atom stereocenters. The largest absolute Gasteiger partial charge is 0.309 e. The molecule has 0 aliphatic carbocycles. The second-order valence-electron chi connectivity index (χ2n) is 8.12. The minimum absolute atomic E-state index is 0.106. The summed E-state index contributed by atoms with van der Waals surface area (Å²) in [6, 6.07) is 23.4. The van der Waals surface area contributed by atoms with Gasteiger partial charge in [-0.25, -0.2) is 27.6 Å². The number of hydrogen-bond acceptors (Lipinski definition) is 5. The summed E-state index contributed by atoms with van der Waals surface area (Å²) < 4.78 is 39.5. The summed E-state index contributed by atoms with van der Waals surface area (Å²) in [5, 5.41) is 13.0. The third-order valence-corrected chi connectivity index (χ3v) is 6.41. The van der Waals surface area contributed by atoms with Gasteiger partial charge in [-0.3, -0.25) is 0 Å². The molecule has 7 nitrogen and oxygen atoms in total. The van der Waals surface area contributed by atoms with E-state index < -0.39 is 15.8 Å². The van der Waals surface area contributed by atoms with Gasteiger partial charge in [0.05, 0.1) is 11.4 Å². The van der Waals surface area contributed by atoms with Crippen molar-refractivity contribution in [3.63, 3.8) is 0 Å². The average molecular weight is 480 g/mol. The van der Waals surface area contributed by atoms with Crippen LogP contribution in [-0.2, 0) is 23.0 Å². The van der Waals surface area contributed by atoms with E-state index in [1.54, 1.807) is 0 Å². The number of nitrogens with zero attached hydrogens (tertiary/aromatic N) is 3. The summed E-state index contributed by atoms with van der Waals surface area (Å²) >= 11 is 0. The van der Waals surface area contributed by atoms with Crippen molar-refractivity contribution in [2.24, 2.45) is 5.14 Å². The van der Waals surface area contributed by atoms with Gasteiger partial charge in [-0.15, -0.1) is 5.10 Å². The molecule has 1 aromatic heterocycles. The highest BCUT2D eigenvalue weighted by molar-refractivity contribution is 7.89. The monoisotopic (exact) mass is 479 g/mol. The van der Waals surface area contributed by atoms with Crippen molar-refractivity contribution in [3.8, 4) is 5.69 Å². The van der Waals surface area contributed by atoms with Crippen LogP contribution >= 0.6 is 0 Å². The normalized spacial score (nSPS) is 12.6. The van der Waals surface area contributed by atoms with Crippen LogP contribution in [0.3, 0.4) is 0 Å². The molecule has 34 heavy (non-hydrogen) atoms. The molecule has 0 fully saturated rings. The zero-order valence-corrected chi connectivity index (χ0v) is 19.5. The van der Waals surface area contributed by atoms with Crippen LogP contribution in [0.15, 0.2) is 83.8 Å². The van der Waals surface area contributed by atoms with Crippen LogP contribution in [0.4, 0.5) is 4.39 Å². The Balaban J connectivity index is 1.59. The molecule has 0 aliphatic heterocycles. The zero-order chi connectivity index (χ0) is 24.1. The third kappa shape index (κ3) is 5.74. The van der Waals surface area contributed by atoms with Crippen LogP contribution < -0.4 is 10.5 Å². The predicted octanol–water partition coefficient (Wildman–Crippen LogP) is 3.54. The van der Waals surface area contributed by atoms with E-state index in [0.717, 1.165) is 18.2 Å². The Morgan fingerprint density at radius 3 is 2.35 bits per heavy atom. The van der Waals surface area contributed by atoms with Crippen LogP contribution in [-0.4, -0.2) is 29.7 Å². The molecule has 0 aliphatic rings. The van der Waals surface area contributed by atoms with E-state index in [2.05, 4.69) is 34.5 Å². The van der Waals surface area contributed by atoms with Crippen molar-refractivity contribution in [2.45, 2.75) is 30.7 Å². The van der Waals surface area contributed by atoms with E-state index in [-0.39, 0.29) is 10.6 Å². The summed E-state index contributed by atoms with van der Waals surface area (Å²) in [5.74, 6) is 0.612. The van der Waals surface area contributed by atoms with Gasteiger partial charge in [0.1, 0.15) is 17.3 Å². The molecule has 0 spiro atoms. The number of nitrogens with two attached hydrogens (primary N) is 1. The Morgan fingerprint density at radius 2 is 1.71 bits per heavy atom. The number of aromatic nitrogens is 3. The summed E-state index contributed by atoms with van der Waals surface area (Å²) in [6.45, 7) is 3.27. The molecule has 0 radical (unpaired) electrons. The fraction of sp³-hybridized carbons (Fsp3) is 0.200. The van der Waals surface area contributed by atoms with Crippen molar-refractivity contribution in [1.82, 2.24) is 20.1 Å². The molecule has 0 amide bonds. The topological polar surface area (TPSA) is 103 Å². The van der Waals surface area contributed by atoms with E-state index in [4.69, 9.17) is 5.14 Å². The van der Waals surface area contributed by atoms with Gasteiger partial charge in [-0.05, 0) is 35.2 Å². The molecule has 1 heterocycles. The van der Waals surface area contributed by atoms with Crippen LogP contribution in [0, 0.1) is 5.82 Å². The van der Waals surface area contributed by atoms with Gasteiger partial charge in [0, 0.05) is 13.0 Å². The number of halogens is 1. The molecule has 176 valence electrons. The molecule has 1 atom stereocenters. The minimum atomic E-state index is -4.02. The van der Waals surface area contributed by atoms with Crippen LogP contribution in [0.25, 0.3) is 5.69 Å². The van der Waals surface area contributed by atoms with Gasteiger partial charge in [0.2, 0.25) is 10.0 Å². The molecule has 3 aromatic carbocycles. The van der Waals surface area contributed by atoms with Gasteiger partial charge >= 0.3 is 0 Å². The zero-order valence-electron chi connectivity index (χ0n) is 18.7. The molecule has 0 bridgehead atoms. The first kappa shape index (κ1) is 23.7. The SMILES string of the molecule is C[C@H](CNCc1nc(Cc2ccccc2)n(-c2ccc(S(N)(=O)=O)cc2F)n1)c1ccccc1. The Morgan fingerprint density at radius 1 is 1.03 bits per heavy atom. The van der Waals surface area contributed by atoms with Gasteiger partial charge in [0.25, 0.3) is 0 Å². The van der Waals surface area contributed by atoms with Gasteiger partial charge < -0.3 is 5.32 Å². The minimum Gasteiger partial charge on any atom is -0.309 e. The summed E-state index contributed by atoms with van der Waals surface area (Å²) in [4.78, 5) is 4.35. The maximum Gasteiger partial charge on any atom is 0.238 e. The van der Waals surface area contributed by atoms with Crippen molar-refractivity contribution in [3.05, 3.63) is 107 Å². The van der Waals surface area contributed by atoms with Crippen LogP contribution in [0.1, 0.15) is 35.6 Å². The lowest BCUT2D eigenvalue weighted by atomic mass is 10.0. The summed E-state index contributed by atoms with van der Waals surface area (Å²) in [7, 11) is -4.02. The van der Waals surface area contributed by atoms with E-state index in [9.17, 15) is 12.8 Å². The molecular formula is C25H26FN5O2S. The van der Waals surface area contributed by atoms with Gasteiger partial charge in [-0.1, -0.05) is 67.6 Å². The number of hydrogen-bond donors (Lipinski definition) is 2. The summed E-state index contributed by atoms with van der Waals surface area (Å²) in [6.07, 6.45) is 0.435. The molecule has 3 N–H and O–H groups in total. The Kier molecular flexibility index (Phi) is 7.16. The fourth-order valence-corrected chi connectivity index (χ4v) is 4.21.